The molecule has 0 spiro atoms. The highest BCUT2D eigenvalue weighted by Gasteiger charge is 2.30. The minimum atomic E-state index is -4.95. The average Bonchev–Trinajstić information content (AvgIpc) is 3.59. The van der Waals surface area contributed by atoms with Gasteiger partial charge in [-0.3, -0.25) is 37.3 Å². The summed E-state index contributed by atoms with van der Waals surface area (Å²) < 4.78 is 68.4. The molecule has 0 aromatic carbocycles. The lowest BCUT2D eigenvalue weighted by Crippen LogP contribution is -2.30. The van der Waals surface area contributed by atoms with Gasteiger partial charge in [0.1, 0.15) is 19.3 Å². The minimum absolute atomic E-state index is 0.107. The number of carbonyl (C=O) groups is 4. The molecule has 3 unspecified atom stereocenters. The molecule has 0 heterocycles. The fourth-order valence-corrected chi connectivity index (χ4v) is 12.5. The molecule has 0 saturated carbocycles. The summed E-state index contributed by atoms with van der Waals surface area (Å²) in [5.41, 5.74) is 0. The van der Waals surface area contributed by atoms with E-state index in [1.54, 1.807) is 0 Å². The predicted octanol–water partition coefficient (Wildman–Crippen LogP) is 20.9. The molecule has 0 bridgehead atoms. The second kappa shape index (κ2) is 65.4. The largest absolute Gasteiger partial charge is 0.472 e. The van der Waals surface area contributed by atoms with Crippen molar-refractivity contribution in [2.75, 3.05) is 39.6 Å². The molecule has 540 valence electrons. The first-order valence-corrected chi connectivity index (χ1v) is 40.7. The van der Waals surface area contributed by atoms with Gasteiger partial charge in [-0.2, -0.15) is 0 Å². The Morgan fingerprint density at radius 2 is 0.527 bits per heavy atom. The van der Waals surface area contributed by atoms with Gasteiger partial charge in [0.05, 0.1) is 26.4 Å². The van der Waals surface area contributed by atoms with E-state index in [0.29, 0.717) is 25.7 Å². The maximum absolute atomic E-state index is 13.0. The van der Waals surface area contributed by atoms with Crippen molar-refractivity contribution in [1.82, 2.24) is 0 Å². The van der Waals surface area contributed by atoms with Crippen molar-refractivity contribution in [2.45, 2.75) is 393 Å². The topological polar surface area (TPSA) is 237 Å². The molecule has 0 saturated heterocycles. The van der Waals surface area contributed by atoms with Crippen molar-refractivity contribution in [1.29, 1.82) is 0 Å². The van der Waals surface area contributed by atoms with Crippen LogP contribution in [0.2, 0.25) is 0 Å². The Morgan fingerprint density at radius 3 is 0.780 bits per heavy atom. The van der Waals surface area contributed by atoms with Crippen LogP contribution in [0, 0.1) is 5.92 Å². The smallest absolute Gasteiger partial charge is 0.462 e. The summed E-state index contributed by atoms with van der Waals surface area (Å²) in [6.45, 7) is 7.23. The molecule has 19 heteroatoms. The number of aliphatic hydroxyl groups is 1. The van der Waals surface area contributed by atoms with E-state index in [1.807, 2.05) is 0 Å². The Labute approximate surface area is 556 Å². The van der Waals surface area contributed by atoms with Gasteiger partial charge in [-0.25, -0.2) is 9.13 Å². The fourth-order valence-electron chi connectivity index (χ4n) is 11.0. The second-order valence-electron chi connectivity index (χ2n) is 26.2. The lowest BCUT2D eigenvalue weighted by molar-refractivity contribution is -0.161. The summed E-state index contributed by atoms with van der Waals surface area (Å²) in [7, 11) is -9.90. The van der Waals surface area contributed by atoms with Crippen LogP contribution in [-0.4, -0.2) is 96.7 Å². The van der Waals surface area contributed by atoms with Crippen LogP contribution in [0.3, 0.4) is 0 Å². The zero-order valence-corrected chi connectivity index (χ0v) is 60.8. The molecule has 6 atom stereocenters. The van der Waals surface area contributed by atoms with Gasteiger partial charge in [0.15, 0.2) is 12.2 Å². The van der Waals surface area contributed by atoms with Crippen LogP contribution in [0.4, 0.5) is 0 Å². The van der Waals surface area contributed by atoms with E-state index in [4.69, 9.17) is 37.0 Å². The first kappa shape index (κ1) is 89.1. The summed E-state index contributed by atoms with van der Waals surface area (Å²) in [6.07, 6.45) is 52.6. The summed E-state index contributed by atoms with van der Waals surface area (Å²) in [4.78, 5) is 72.6. The van der Waals surface area contributed by atoms with Crippen molar-refractivity contribution in [2.24, 2.45) is 5.92 Å². The van der Waals surface area contributed by atoms with E-state index < -0.39 is 97.5 Å². The van der Waals surface area contributed by atoms with Crippen LogP contribution in [0.25, 0.3) is 0 Å². The third-order valence-corrected chi connectivity index (χ3v) is 19.0. The maximum Gasteiger partial charge on any atom is 0.472 e. The monoisotopic (exact) mass is 1340 g/mol. The highest BCUT2D eigenvalue weighted by Crippen LogP contribution is 2.45. The quantitative estimate of drug-likeness (QED) is 0.0222. The van der Waals surface area contributed by atoms with Crippen molar-refractivity contribution < 1.29 is 80.2 Å². The Balaban J connectivity index is 5.24. The van der Waals surface area contributed by atoms with E-state index in [1.165, 1.54) is 193 Å². The summed E-state index contributed by atoms with van der Waals surface area (Å²) in [5.74, 6) is -1.39. The average molecular weight is 1340 g/mol. The maximum atomic E-state index is 13.0. The van der Waals surface area contributed by atoms with Gasteiger partial charge < -0.3 is 33.8 Å². The molecule has 3 N–H and O–H groups in total. The number of ether oxygens (including phenoxy) is 4. The van der Waals surface area contributed by atoms with Crippen LogP contribution < -0.4 is 0 Å². The normalized spacial score (nSPS) is 14.3. The van der Waals surface area contributed by atoms with Crippen molar-refractivity contribution >= 4 is 39.5 Å². The van der Waals surface area contributed by atoms with Crippen LogP contribution >= 0.6 is 15.6 Å². The molecular formula is C72H140O17P2. The fraction of sp³-hybridized carbons (Fsp3) is 0.944. The number of aliphatic hydroxyl groups excluding tert-OH is 1. The van der Waals surface area contributed by atoms with E-state index in [9.17, 15) is 43.2 Å². The Hall–Kier alpha value is -1.94. The van der Waals surface area contributed by atoms with Gasteiger partial charge in [-0.05, 0) is 31.6 Å². The number of phosphoric acid groups is 2. The van der Waals surface area contributed by atoms with Crippen LogP contribution in [-0.2, 0) is 65.4 Å². The van der Waals surface area contributed by atoms with E-state index in [0.717, 1.165) is 102 Å². The number of rotatable bonds is 72. The summed E-state index contributed by atoms with van der Waals surface area (Å²) in [6, 6.07) is 0. The van der Waals surface area contributed by atoms with Crippen molar-refractivity contribution in [3.8, 4) is 0 Å². The van der Waals surface area contributed by atoms with Crippen molar-refractivity contribution in [3.05, 3.63) is 0 Å². The highest BCUT2D eigenvalue weighted by atomic mass is 31.2. The van der Waals surface area contributed by atoms with Crippen LogP contribution in [0.15, 0.2) is 0 Å². The molecular weight excluding hydrogens is 1200 g/mol. The molecule has 91 heavy (non-hydrogen) atoms. The van der Waals surface area contributed by atoms with Gasteiger partial charge in [-0.1, -0.05) is 324 Å². The van der Waals surface area contributed by atoms with Crippen LogP contribution in [0.1, 0.15) is 375 Å². The number of carbonyl (C=O) groups excluding carboxylic acids is 4. The number of esters is 4. The molecule has 0 aromatic heterocycles. The number of unbranched alkanes of at least 4 members (excludes halogenated alkanes) is 43. The van der Waals surface area contributed by atoms with Gasteiger partial charge in [-0.15, -0.1) is 0 Å². The number of phosphoric ester groups is 2. The Morgan fingerprint density at radius 1 is 0.308 bits per heavy atom. The lowest BCUT2D eigenvalue weighted by Gasteiger charge is -2.21. The summed E-state index contributed by atoms with van der Waals surface area (Å²) >= 11 is 0. The predicted molar refractivity (Wildman–Crippen MR) is 368 cm³/mol. The second-order valence-corrected chi connectivity index (χ2v) is 29.1. The van der Waals surface area contributed by atoms with Gasteiger partial charge in [0.2, 0.25) is 0 Å². The van der Waals surface area contributed by atoms with E-state index in [-0.39, 0.29) is 25.7 Å². The molecule has 0 aliphatic heterocycles. The molecule has 0 aromatic rings. The Bertz CT molecular complexity index is 1760. The molecule has 0 aliphatic rings. The zero-order chi connectivity index (χ0) is 67.0. The molecule has 0 fully saturated rings. The lowest BCUT2D eigenvalue weighted by atomic mass is 10.00. The standard InChI is InChI=1S/C72H140O17P2/c1-6-10-13-16-19-22-25-28-29-30-31-32-35-38-41-48-53-58-72(77)88-67(61-82-69(74)55-50-45-39-36-33-26-23-20-17-14-11-7-2)63-86-90(78,79)84-59-66(73)60-85-91(80,81)87-64-68(62-83-70(75)56-51-46-43-42-44-49-54-65(5)9-4)89-71(76)57-52-47-40-37-34-27-24-21-18-15-12-8-3/h65-68,73H,6-64H2,1-5H3,(H,78,79)(H,80,81)/t65?,66-,67-,68-/m1/s1. The Kier molecular flexibility index (Phi) is 64.0. The minimum Gasteiger partial charge on any atom is -0.462 e. The van der Waals surface area contributed by atoms with Crippen molar-refractivity contribution in [3.63, 3.8) is 0 Å². The first-order valence-electron chi connectivity index (χ1n) is 37.7. The van der Waals surface area contributed by atoms with Gasteiger partial charge >= 0.3 is 39.5 Å². The van der Waals surface area contributed by atoms with E-state index >= 15 is 0 Å². The third-order valence-electron chi connectivity index (χ3n) is 17.1. The molecule has 0 aliphatic carbocycles. The zero-order valence-electron chi connectivity index (χ0n) is 59.0. The molecule has 17 nitrogen and oxygen atoms in total. The SMILES string of the molecule is CCCCCCCCCCCCCCCCCCCC(=O)O[C@H](COC(=O)CCCCCCCCCCCCCC)COP(=O)(O)OC[C@@H](O)COP(=O)(O)OC[C@@H](COC(=O)CCCCCCCCC(C)CC)OC(=O)CCCCCCCCCCCCCC. The molecule has 0 amide bonds. The number of hydrogen-bond acceptors (Lipinski definition) is 15. The summed E-state index contributed by atoms with van der Waals surface area (Å²) in [5, 5.41) is 10.6. The third kappa shape index (κ3) is 65.1. The van der Waals surface area contributed by atoms with Crippen LogP contribution in [0.5, 0.6) is 0 Å². The van der Waals surface area contributed by atoms with E-state index in [2.05, 4.69) is 34.6 Å². The first-order chi connectivity index (χ1) is 44.1. The van der Waals surface area contributed by atoms with Gasteiger partial charge in [0, 0.05) is 25.7 Å². The molecule has 0 rings (SSSR count). The molecule has 0 radical (unpaired) electrons. The highest BCUT2D eigenvalue weighted by molar-refractivity contribution is 7.47. The van der Waals surface area contributed by atoms with Gasteiger partial charge in [0.25, 0.3) is 0 Å². The number of hydrogen-bond donors (Lipinski definition) is 3.